The van der Waals surface area contributed by atoms with Crippen LogP contribution in [0.25, 0.3) is 0 Å². The molecule has 0 amide bonds. The summed E-state index contributed by atoms with van der Waals surface area (Å²) in [7, 11) is 1.65. The minimum absolute atomic E-state index is 0.497. The molecule has 0 aliphatic heterocycles. The molecule has 0 radical (unpaired) electrons. The summed E-state index contributed by atoms with van der Waals surface area (Å²) in [4.78, 5) is 5.89. The van der Waals surface area contributed by atoms with E-state index >= 15 is 0 Å². The number of thiazole rings is 1. The molecule has 3 rings (SSSR count). The van der Waals surface area contributed by atoms with Crippen LogP contribution in [0.1, 0.15) is 34.3 Å². The van der Waals surface area contributed by atoms with E-state index in [1.807, 2.05) is 24.3 Å². The number of hydrogen-bond donors (Lipinski definition) is 1. The Balaban J connectivity index is 1.65. The van der Waals surface area contributed by atoms with Gasteiger partial charge in [0, 0.05) is 17.3 Å². The summed E-state index contributed by atoms with van der Waals surface area (Å²) in [6.07, 6.45) is 2.49. The molecule has 106 valence electrons. The van der Waals surface area contributed by atoms with E-state index in [9.17, 15) is 0 Å². The largest absolute Gasteiger partial charge is 0.497 e. The monoisotopic (exact) mass is 290 g/mol. The standard InChI is InChI=1S/C15H18N2O2S/c1-18-11-4-6-12(7-5-11)19-9-14-17-15(10-2-3-10)13(8-16)20-14/h4-7,10H,2-3,8-9,16H2,1H3. The smallest absolute Gasteiger partial charge is 0.140 e. The van der Waals surface area contributed by atoms with E-state index in [4.69, 9.17) is 15.2 Å². The number of hydrogen-bond acceptors (Lipinski definition) is 5. The van der Waals surface area contributed by atoms with Gasteiger partial charge in [0.2, 0.25) is 0 Å². The summed E-state index contributed by atoms with van der Waals surface area (Å²) >= 11 is 1.67. The Morgan fingerprint density at radius 2 is 1.95 bits per heavy atom. The van der Waals surface area contributed by atoms with Gasteiger partial charge in [-0.05, 0) is 37.1 Å². The van der Waals surface area contributed by atoms with Crippen LogP contribution < -0.4 is 15.2 Å². The van der Waals surface area contributed by atoms with Gasteiger partial charge in [0.1, 0.15) is 23.1 Å². The van der Waals surface area contributed by atoms with E-state index in [1.165, 1.54) is 23.4 Å². The molecular weight excluding hydrogens is 272 g/mol. The number of nitrogens with two attached hydrogens (primary N) is 1. The lowest BCUT2D eigenvalue weighted by Crippen LogP contribution is -1.97. The first-order chi connectivity index (χ1) is 9.80. The van der Waals surface area contributed by atoms with Crippen LogP contribution in [0.4, 0.5) is 0 Å². The van der Waals surface area contributed by atoms with E-state index < -0.39 is 0 Å². The average Bonchev–Trinajstić information content (AvgIpc) is 3.26. The highest BCUT2D eigenvalue weighted by molar-refractivity contribution is 7.11. The summed E-state index contributed by atoms with van der Waals surface area (Å²) in [6.45, 7) is 1.07. The number of ether oxygens (including phenoxy) is 2. The lowest BCUT2D eigenvalue weighted by atomic mass is 10.2. The molecule has 0 bridgehead atoms. The van der Waals surface area contributed by atoms with Gasteiger partial charge in [0.15, 0.2) is 0 Å². The third-order valence-corrected chi connectivity index (χ3v) is 4.41. The Morgan fingerprint density at radius 3 is 2.55 bits per heavy atom. The quantitative estimate of drug-likeness (QED) is 0.888. The van der Waals surface area contributed by atoms with Crippen LogP contribution in [0, 0.1) is 0 Å². The predicted octanol–water partition coefficient (Wildman–Crippen LogP) is 3.07. The second kappa shape index (κ2) is 5.81. The Labute approximate surface area is 122 Å². The lowest BCUT2D eigenvalue weighted by Gasteiger charge is -2.04. The fourth-order valence-electron chi connectivity index (χ4n) is 2.11. The van der Waals surface area contributed by atoms with Gasteiger partial charge in [-0.25, -0.2) is 4.98 Å². The van der Waals surface area contributed by atoms with E-state index in [0.29, 0.717) is 19.1 Å². The van der Waals surface area contributed by atoms with Crippen LogP contribution in [0.5, 0.6) is 11.5 Å². The maximum atomic E-state index is 5.78. The van der Waals surface area contributed by atoms with Crippen molar-refractivity contribution in [3.8, 4) is 11.5 Å². The van der Waals surface area contributed by atoms with Crippen molar-refractivity contribution in [2.75, 3.05) is 7.11 Å². The third kappa shape index (κ3) is 2.94. The third-order valence-electron chi connectivity index (χ3n) is 3.34. The Hall–Kier alpha value is -1.59. The second-order valence-corrected chi connectivity index (χ2v) is 6.03. The van der Waals surface area contributed by atoms with Gasteiger partial charge in [0.25, 0.3) is 0 Å². The van der Waals surface area contributed by atoms with Crippen LogP contribution in [0.15, 0.2) is 24.3 Å². The first kappa shape index (κ1) is 13.4. The summed E-state index contributed by atoms with van der Waals surface area (Å²) in [5, 5.41) is 1.00. The highest BCUT2D eigenvalue weighted by Gasteiger charge is 2.29. The molecule has 20 heavy (non-hydrogen) atoms. The van der Waals surface area contributed by atoms with Crippen molar-refractivity contribution in [3.05, 3.63) is 39.8 Å². The second-order valence-electron chi connectivity index (χ2n) is 4.86. The lowest BCUT2D eigenvalue weighted by molar-refractivity contribution is 0.304. The van der Waals surface area contributed by atoms with E-state index in [-0.39, 0.29) is 0 Å². The van der Waals surface area contributed by atoms with Gasteiger partial charge in [-0.1, -0.05) is 0 Å². The van der Waals surface area contributed by atoms with Gasteiger partial charge < -0.3 is 15.2 Å². The van der Waals surface area contributed by atoms with Gasteiger partial charge in [0.05, 0.1) is 12.8 Å². The summed E-state index contributed by atoms with van der Waals surface area (Å²) in [5.41, 5.74) is 6.98. The molecule has 1 aliphatic carbocycles. The predicted molar refractivity (Wildman–Crippen MR) is 79.3 cm³/mol. The van der Waals surface area contributed by atoms with E-state index in [1.54, 1.807) is 18.4 Å². The fourth-order valence-corrected chi connectivity index (χ4v) is 3.06. The first-order valence-corrected chi connectivity index (χ1v) is 7.57. The molecular formula is C15H18N2O2S. The fraction of sp³-hybridized carbons (Fsp3) is 0.400. The molecule has 0 spiro atoms. The SMILES string of the molecule is COc1ccc(OCc2nc(C3CC3)c(CN)s2)cc1. The topological polar surface area (TPSA) is 57.4 Å². The summed E-state index contributed by atoms with van der Waals surface area (Å²) in [6, 6.07) is 7.58. The van der Waals surface area contributed by atoms with Crippen molar-refractivity contribution >= 4 is 11.3 Å². The maximum Gasteiger partial charge on any atom is 0.140 e. The number of nitrogens with zero attached hydrogens (tertiary/aromatic N) is 1. The number of aromatic nitrogens is 1. The molecule has 1 aromatic heterocycles. The molecule has 1 fully saturated rings. The van der Waals surface area contributed by atoms with Crippen molar-refractivity contribution in [3.63, 3.8) is 0 Å². The van der Waals surface area contributed by atoms with Gasteiger partial charge in [-0.15, -0.1) is 11.3 Å². The van der Waals surface area contributed by atoms with Gasteiger partial charge in [-0.2, -0.15) is 0 Å². The molecule has 2 N–H and O–H groups in total. The molecule has 1 aliphatic rings. The Bertz CT molecular complexity index is 576. The average molecular weight is 290 g/mol. The molecule has 1 aromatic carbocycles. The molecule has 5 heteroatoms. The zero-order valence-corrected chi connectivity index (χ0v) is 12.3. The zero-order chi connectivity index (χ0) is 13.9. The van der Waals surface area contributed by atoms with Gasteiger partial charge >= 0.3 is 0 Å². The molecule has 1 heterocycles. The Kier molecular flexibility index (Phi) is 3.89. The zero-order valence-electron chi connectivity index (χ0n) is 11.5. The van der Waals surface area contributed by atoms with Crippen LogP contribution in [0.2, 0.25) is 0 Å². The Morgan fingerprint density at radius 1 is 1.25 bits per heavy atom. The minimum Gasteiger partial charge on any atom is -0.497 e. The highest BCUT2D eigenvalue weighted by Crippen LogP contribution is 2.42. The van der Waals surface area contributed by atoms with E-state index in [2.05, 4.69) is 4.98 Å². The van der Waals surface area contributed by atoms with Crippen LogP contribution >= 0.6 is 11.3 Å². The molecule has 4 nitrogen and oxygen atoms in total. The normalized spacial score (nSPS) is 14.3. The number of benzene rings is 1. The number of rotatable bonds is 6. The van der Waals surface area contributed by atoms with Crippen molar-refractivity contribution < 1.29 is 9.47 Å². The molecule has 1 saturated carbocycles. The first-order valence-electron chi connectivity index (χ1n) is 6.75. The van der Waals surface area contributed by atoms with Gasteiger partial charge in [-0.3, -0.25) is 0 Å². The van der Waals surface area contributed by atoms with Crippen molar-refractivity contribution in [1.82, 2.24) is 4.98 Å². The summed E-state index contributed by atoms with van der Waals surface area (Å²) < 4.78 is 10.9. The van der Waals surface area contributed by atoms with Crippen LogP contribution in [-0.4, -0.2) is 12.1 Å². The maximum absolute atomic E-state index is 5.78. The van der Waals surface area contributed by atoms with Crippen LogP contribution in [-0.2, 0) is 13.2 Å². The number of methoxy groups -OCH3 is 1. The van der Waals surface area contributed by atoms with Crippen molar-refractivity contribution in [2.45, 2.75) is 31.9 Å². The summed E-state index contributed by atoms with van der Waals surface area (Å²) in [5.74, 6) is 2.29. The van der Waals surface area contributed by atoms with Crippen molar-refractivity contribution in [1.29, 1.82) is 0 Å². The molecule has 0 saturated heterocycles. The highest BCUT2D eigenvalue weighted by atomic mass is 32.1. The van der Waals surface area contributed by atoms with E-state index in [0.717, 1.165) is 16.5 Å². The molecule has 0 atom stereocenters. The molecule has 0 unspecified atom stereocenters. The van der Waals surface area contributed by atoms with Crippen LogP contribution in [0.3, 0.4) is 0 Å². The van der Waals surface area contributed by atoms with Crippen molar-refractivity contribution in [2.24, 2.45) is 5.73 Å². The molecule has 2 aromatic rings. The minimum atomic E-state index is 0.497.